The molecular formula is C11H23ClN2O2S. The first-order chi connectivity index (χ1) is 7.71. The van der Waals surface area contributed by atoms with Gasteiger partial charge in [-0.05, 0) is 6.42 Å². The normalized spacial score (nSPS) is 21.8. The molecule has 1 heterocycles. The number of thioether (sulfide) groups is 1. The smallest absolute Gasteiger partial charge is 0.225 e. The largest absolute Gasteiger partial charge is 0.380 e. The summed E-state index contributed by atoms with van der Waals surface area (Å²) in [7, 11) is 1.60. The summed E-state index contributed by atoms with van der Waals surface area (Å²) in [4.78, 5) is 13.9. The average Bonchev–Trinajstić information content (AvgIpc) is 2.35. The van der Waals surface area contributed by atoms with E-state index >= 15 is 0 Å². The van der Waals surface area contributed by atoms with Gasteiger partial charge >= 0.3 is 0 Å². The number of amides is 1. The van der Waals surface area contributed by atoms with Crippen LogP contribution in [-0.2, 0) is 9.53 Å². The van der Waals surface area contributed by atoms with Crippen molar-refractivity contribution in [3.8, 4) is 0 Å². The number of methoxy groups -OCH3 is 1. The predicted octanol–water partition coefficient (Wildman–Crippen LogP) is 1.13. The monoisotopic (exact) mass is 282 g/mol. The highest BCUT2D eigenvalue weighted by Gasteiger charge is 2.24. The summed E-state index contributed by atoms with van der Waals surface area (Å²) >= 11 is 1.96. The Morgan fingerprint density at radius 1 is 1.65 bits per heavy atom. The van der Waals surface area contributed by atoms with E-state index in [2.05, 4.69) is 6.92 Å². The van der Waals surface area contributed by atoms with Crippen molar-refractivity contribution in [3.05, 3.63) is 0 Å². The van der Waals surface area contributed by atoms with Crippen molar-refractivity contribution in [2.75, 3.05) is 32.5 Å². The number of hydrogen-bond acceptors (Lipinski definition) is 4. The van der Waals surface area contributed by atoms with E-state index in [1.54, 1.807) is 7.11 Å². The highest BCUT2D eigenvalue weighted by Crippen LogP contribution is 2.21. The lowest BCUT2D eigenvalue weighted by Gasteiger charge is -2.32. The van der Waals surface area contributed by atoms with E-state index < -0.39 is 0 Å². The Morgan fingerprint density at radius 3 is 2.88 bits per heavy atom. The molecule has 2 unspecified atom stereocenters. The zero-order chi connectivity index (χ0) is 12.0. The first-order valence-corrected chi connectivity index (χ1v) is 6.88. The van der Waals surface area contributed by atoms with Crippen LogP contribution < -0.4 is 5.73 Å². The van der Waals surface area contributed by atoms with Crippen molar-refractivity contribution in [3.63, 3.8) is 0 Å². The van der Waals surface area contributed by atoms with E-state index in [0.29, 0.717) is 18.2 Å². The Bertz CT molecular complexity index is 228. The van der Waals surface area contributed by atoms with E-state index in [1.165, 1.54) is 0 Å². The van der Waals surface area contributed by atoms with Gasteiger partial charge in [0.15, 0.2) is 0 Å². The third-order valence-corrected chi connectivity index (χ3v) is 4.32. The van der Waals surface area contributed by atoms with Gasteiger partial charge in [-0.3, -0.25) is 4.79 Å². The number of nitrogens with zero attached hydrogens (tertiary/aromatic N) is 1. The van der Waals surface area contributed by atoms with Crippen LogP contribution in [0.5, 0.6) is 0 Å². The molecule has 4 nitrogen and oxygen atoms in total. The molecule has 1 fully saturated rings. The highest BCUT2D eigenvalue weighted by atomic mass is 35.5. The summed E-state index contributed by atoms with van der Waals surface area (Å²) in [5.41, 5.74) is 5.51. The van der Waals surface area contributed by atoms with Crippen LogP contribution in [0, 0.1) is 0 Å². The van der Waals surface area contributed by atoms with E-state index in [-0.39, 0.29) is 24.4 Å². The molecular weight excluding hydrogens is 260 g/mol. The fraction of sp³-hybridized carbons (Fsp3) is 0.909. The van der Waals surface area contributed by atoms with Gasteiger partial charge in [-0.1, -0.05) is 6.92 Å². The topological polar surface area (TPSA) is 55.6 Å². The van der Waals surface area contributed by atoms with Crippen molar-refractivity contribution in [1.82, 2.24) is 4.90 Å². The summed E-state index contributed by atoms with van der Waals surface area (Å²) < 4.78 is 5.14. The first kappa shape index (κ1) is 17.0. The van der Waals surface area contributed by atoms with E-state index in [9.17, 15) is 4.79 Å². The van der Waals surface area contributed by atoms with Crippen LogP contribution in [0.1, 0.15) is 19.8 Å². The predicted molar refractivity (Wildman–Crippen MR) is 74.8 cm³/mol. The molecule has 0 radical (unpaired) electrons. The van der Waals surface area contributed by atoms with Gasteiger partial charge in [-0.15, -0.1) is 12.4 Å². The molecule has 0 spiro atoms. The van der Waals surface area contributed by atoms with Crippen LogP contribution in [0.15, 0.2) is 0 Å². The molecule has 0 aromatic rings. The molecule has 0 aliphatic carbocycles. The quantitative estimate of drug-likeness (QED) is 0.821. The lowest BCUT2D eigenvalue weighted by Crippen LogP contribution is -2.43. The number of hydrogen-bond donors (Lipinski definition) is 1. The van der Waals surface area contributed by atoms with Gasteiger partial charge < -0.3 is 15.4 Å². The van der Waals surface area contributed by atoms with Gasteiger partial charge in [-0.25, -0.2) is 0 Å². The maximum absolute atomic E-state index is 12.0. The summed E-state index contributed by atoms with van der Waals surface area (Å²) in [6, 6.07) is 0. The Kier molecular flexibility index (Phi) is 9.04. The molecule has 1 amide bonds. The standard InChI is InChI=1S/C11H22N2O2S.ClH/c1-3-10-8-13(4-5-16-10)11(14)6-9(7-12)15-2;/h9-10H,3-8,12H2,1-2H3;1H. The number of halogens is 1. The van der Waals surface area contributed by atoms with Crippen molar-refractivity contribution >= 4 is 30.1 Å². The van der Waals surface area contributed by atoms with Crippen LogP contribution in [0.2, 0.25) is 0 Å². The lowest BCUT2D eigenvalue weighted by molar-refractivity contribution is -0.133. The van der Waals surface area contributed by atoms with E-state index in [1.807, 2.05) is 16.7 Å². The molecule has 1 aliphatic heterocycles. The van der Waals surface area contributed by atoms with Gasteiger partial charge in [0.2, 0.25) is 5.91 Å². The minimum atomic E-state index is -0.137. The minimum Gasteiger partial charge on any atom is -0.380 e. The van der Waals surface area contributed by atoms with Crippen molar-refractivity contribution < 1.29 is 9.53 Å². The van der Waals surface area contributed by atoms with Crippen molar-refractivity contribution in [2.24, 2.45) is 5.73 Å². The molecule has 6 heteroatoms. The molecule has 2 N–H and O–H groups in total. The second-order valence-corrected chi connectivity index (χ2v) is 5.45. The molecule has 1 aliphatic rings. The zero-order valence-corrected chi connectivity index (χ0v) is 12.2. The second-order valence-electron chi connectivity index (χ2n) is 4.04. The summed E-state index contributed by atoms with van der Waals surface area (Å²) in [6.45, 7) is 4.31. The SMILES string of the molecule is CCC1CN(C(=O)CC(CN)OC)CCS1.Cl. The fourth-order valence-electron chi connectivity index (χ4n) is 1.78. The molecule has 1 rings (SSSR count). The maximum Gasteiger partial charge on any atom is 0.225 e. The van der Waals surface area contributed by atoms with Crippen molar-refractivity contribution in [1.29, 1.82) is 0 Å². The zero-order valence-electron chi connectivity index (χ0n) is 10.6. The second kappa shape index (κ2) is 9.03. The number of rotatable bonds is 5. The van der Waals surface area contributed by atoms with Gasteiger partial charge in [0.25, 0.3) is 0 Å². The van der Waals surface area contributed by atoms with Crippen LogP contribution in [-0.4, -0.2) is 54.7 Å². The van der Waals surface area contributed by atoms with E-state index in [0.717, 1.165) is 25.3 Å². The fourth-order valence-corrected chi connectivity index (χ4v) is 2.96. The lowest BCUT2D eigenvalue weighted by atomic mass is 10.2. The Balaban J connectivity index is 0.00000256. The molecule has 0 aromatic carbocycles. The van der Waals surface area contributed by atoms with Crippen LogP contribution >= 0.6 is 24.2 Å². The van der Waals surface area contributed by atoms with E-state index in [4.69, 9.17) is 10.5 Å². The Hall–Kier alpha value is 0.0300. The third kappa shape index (κ3) is 5.46. The molecule has 0 bridgehead atoms. The minimum absolute atomic E-state index is 0. The Labute approximate surface area is 114 Å². The number of nitrogens with two attached hydrogens (primary N) is 1. The van der Waals surface area contributed by atoms with Crippen LogP contribution in [0.25, 0.3) is 0 Å². The molecule has 0 aromatic heterocycles. The summed E-state index contributed by atoms with van der Waals surface area (Å²) in [6.07, 6.45) is 1.40. The molecule has 102 valence electrons. The number of carbonyl (C=O) groups is 1. The van der Waals surface area contributed by atoms with Crippen LogP contribution in [0.3, 0.4) is 0 Å². The average molecular weight is 283 g/mol. The molecule has 1 saturated heterocycles. The Morgan fingerprint density at radius 2 is 2.35 bits per heavy atom. The van der Waals surface area contributed by atoms with Crippen LogP contribution in [0.4, 0.5) is 0 Å². The van der Waals surface area contributed by atoms with Gasteiger partial charge in [-0.2, -0.15) is 11.8 Å². The van der Waals surface area contributed by atoms with Gasteiger partial charge in [0.05, 0.1) is 12.5 Å². The molecule has 0 saturated carbocycles. The number of carbonyl (C=O) groups excluding carboxylic acids is 1. The van der Waals surface area contributed by atoms with Gasteiger partial charge in [0, 0.05) is 37.7 Å². The summed E-state index contributed by atoms with van der Waals surface area (Å²) in [5, 5.41) is 0.594. The first-order valence-electron chi connectivity index (χ1n) is 5.83. The van der Waals surface area contributed by atoms with Crippen molar-refractivity contribution in [2.45, 2.75) is 31.1 Å². The number of ether oxygens (including phenoxy) is 1. The highest BCUT2D eigenvalue weighted by molar-refractivity contribution is 8.00. The summed E-state index contributed by atoms with van der Waals surface area (Å²) in [5.74, 6) is 1.22. The maximum atomic E-state index is 12.0. The van der Waals surface area contributed by atoms with Gasteiger partial charge in [0.1, 0.15) is 0 Å². The molecule has 17 heavy (non-hydrogen) atoms. The third-order valence-electron chi connectivity index (χ3n) is 2.95. The molecule has 2 atom stereocenters.